The van der Waals surface area contributed by atoms with E-state index in [-0.39, 0.29) is 24.7 Å². The molecule has 0 unspecified atom stereocenters. The van der Waals surface area contributed by atoms with Crippen LogP contribution in [0.4, 0.5) is 4.39 Å². The fourth-order valence-corrected chi connectivity index (χ4v) is 3.23. The molecule has 0 aliphatic carbocycles. The maximum absolute atomic E-state index is 12.7. The molecule has 0 atom stereocenters. The first-order valence-electron chi connectivity index (χ1n) is 6.65. The molecule has 0 saturated carbocycles. The highest BCUT2D eigenvalue weighted by Gasteiger charge is 2.12. The Morgan fingerprint density at radius 2 is 1.74 bits per heavy atom. The van der Waals surface area contributed by atoms with Crippen LogP contribution in [0.15, 0.2) is 42.5 Å². The van der Waals surface area contributed by atoms with Crippen molar-refractivity contribution in [2.24, 2.45) is 0 Å². The van der Waals surface area contributed by atoms with Gasteiger partial charge in [-0.15, -0.1) is 0 Å². The van der Waals surface area contributed by atoms with Gasteiger partial charge in [0.1, 0.15) is 18.2 Å². The van der Waals surface area contributed by atoms with Gasteiger partial charge in [0.25, 0.3) is 0 Å². The summed E-state index contributed by atoms with van der Waals surface area (Å²) < 4.78 is 44.4. The van der Waals surface area contributed by atoms with Crippen molar-refractivity contribution in [1.29, 1.82) is 0 Å². The highest BCUT2D eigenvalue weighted by atomic mass is 35.5. The molecule has 0 aromatic heterocycles. The number of halogens is 3. The van der Waals surface area contributed by atoms with Gasteiger partial charge in [0.05, 0.1) is 15.8 Å². The van der Waals surface area contributed by atoms with E-state index in [9.17, 15) is 12.8 Å². The number of hydrogen-bond acceptors (Lipinski definition) is 3. The third-order valence-electron chi connectivity index (χ3n) is 2.85. The Morgan fingerprint density at radius 1 is 1.04 bits per heavy atom. The Hall–Kier alpha value is -1.34. The Kier molecular flexibility index (Phi) is 6.24. The molecule has 2 aromatic carbocycles. The van der Waals surface area contributed by atoms with Gasteiger partial charge >= 0.3 is 0 Å². The lowest BCUT2D eigenvalue weighted by Crippen LogP contribution is -2.29. The predicted molar refractivity (Wildman–Crippen MR) is 89.0 cm³/mol. The number of nitrogens with one attached hydrogen (secondary N) is 1. The maximum Gasteiger partial charge on any atom is 0.215 e. The SMILES string of the molecule is O=S(=O)(Cc1ccc(Cl)c(Cl)c1)NCCOc1ccc(F)cc1. The summed E-state index contributed by atoms with van der Waals surface area (Å²) in [6.07, 6.45) is 0. The van der Waals surface area contributed by atoms with Crippen LogP contribution in [0.2, 0.25) is 10.0 Å². The standard InChI is InChI=1S/C15H14Cl2FNO3S/c16-14-6-1-11(9-15(14)17)10-23(20,21)19-7-8-22-13-4-2-12(18)3-5-13/h1-6,9,19H,7-8,10H2. The van der Waals surface area contributed by atoms with Crippen molar-refractivity contribution in [3.63, 3.8) is 0 Å². The lowest BCUT2D eigenvalue weighted by atomic mass is 10.2. The molecule has 2 rings (SSSR count). The summed E-state index contributed by atoms with van der Waals surface area (Å²) in [6, 6.07) is 10.1. The molecule has 0 saturated heterocycles. The van der Waals surface area contributed by atoms with Crippen LogP contribution in [0.3, 0.4) is 0 Å². The third kappa shape index (κ3) is 5.99. The summed E-state index contributed by atoms with van der Waals surface area (Å²) in [7, 11) is -3.52. The molecule has 23 heavy (non-hydrogen) atoms. The number of rotatable bonds is 7. The molecule has 2 aromatic rings. The lowest BCUT2D eigenvalue weighted by Gasteiger charge is -2.09. The first-order valence-corrected chi connectivity index (χ1v) is 9.06. The van der Waals surface area contributed by atoms with E-state index < -0.39 is 10.0 Å². The van der Waals surface area contributed by atoms with Crippen LogP contribution in [0.25, 0.3) is 0 Å². The molecule has 0 radical (unpaired) electrons. The fourth-order valence-electron chi connectivity index (χ4n) is 1.80. The second kappa shape index (κ2) is 7.97. The highest BCUT2D eigenvalue weighted by Crippen LogP contribution is 2.23. The fraction of sp³-hybridized carbons (Fsp3) is 0.200. The van der Waals surface area contributed by atoms with Gasteiger partial charge in [0.2, 0.25) is 10.0 Å². The van der Waals surface area contributed by atoms with Crippen molar-refractivity contribution in [2.45, 2.75) is 5.75 Å². The lowest BCUT2D eigenvalue weighted by molar-refractivity contribution is 0.322. The maximum atomic E-state index is 12.7. The summed E-state index contributed by atoms with van der Waals surface area (Å²) in [6.45, 7) is 0.229. The molecule has 4 nitrogen and oxygen atoms in total. The molecule has 0 bridgehead atoms. The van der Waals surface area contributed by atoms with Crippen LogP contribution in [0.1, 0.15) is 5.56 Å². The second-order valence-corrected chi connectivity index (χ2v) is 7.33. The second-order valence-electron chi connectivity index (χ2n) is 4.70. The van der Waals surface area contributed by atoms with E-state index in [1.807, 2.05) is 0 Å². The monoisotopic (exact) mass is 377 g/mol. The van der Waals surface area contributed by atoms with E-state index in [4.69, 9.17) is 27.9 Å². The van der Waals surface area contributed by atoms with Gasteiger partial charge in [0, 0.05) is 6.54 Å². The molecule has 1 N–H and O–H groups in total. The molecule has 0 aliphatic heterocycles. The van der Waals surface area contributed by atoms with E-state index in [1.54, 1.807) is 12.1 Å². The van der Waals surface area contributed by atoms with E-state index in [2.05, 4.69) is 4.72 Å². The van der Waals surface area contributed by atoms with E-state index in [1.165, 1.54) is 30.3 Å². The largest absolute Gasteiger partial charge is 0.492 e. The van der Waals surface area contributed by atoms with Gasteiger partial charge in [-0.2, -0.15) is 0 Å². The molecule has 0 aliphatic rings. The van der Waals surface area contributed by atoms with Crippen molar-refractivity contribution in [1.82, 2.24) is 4.72 Å². The van der Waals surface area contributed by atoms with Crippen LogP contribution in [0, 0.1) is 5.82 Å². The molecular formula is C15H14Cl2FNO3S. The molecule has 0 amide bonds. The van der Waals surface area contributed by atoms with Gasteiger partial charge in [0.15, 0.2) is 0 Å². The molecule has 124 valence electrons. The van der Waals surface area contributed by atoms with Gasteiger partial charge < -0.3 is 4.74 Å². The number of benzene rings is 2. The zero-order valence-electron chi connectivity index (χ0n) is 11.9. The van der Waals surface area contributed by atoms with Gasteiger partial charge in [-0.1, -0.05) is 29.3 Å². The van der Waals surface area contributed by atoms with Crippen molar-refractivity contribution in [3.8, 4) is 5.75 Å². The van der Waals surface area contributed by atoms with E-state index in [0.29, 0.717) is 21.4 Å². The normalized spacial score (nSPS) is 11.4. The third-order valence-corrected chi connectivity index (χ3v) is 4.94. The number of sulfonamides is 1. The zero-order chi connectivity index (χ0) is 16.9. The average Bonchev–Trinajstić information content (AvgIpc) is 2.49. The Balaban J connectivity index is 1.81. The minimum absolute atomic E-state index is 0.0982. The van der Waals surface area contributed by atoms with Gasteiger partial charge in [-0.3, -0.25) is 0 Å². The highest BCUT2D eigenvalue weighted by molar-refractivity contribution is 7.88. The van der Waals surface area contributed by atoms with Crippen molar-refractivity contribution < 1.29 is 17.5 Å². The molecule has 0 spiro atoms. The zero-order valence-corrected chi connectivity index (χ0v) is 14.3. The molecule has 8 heteroatoms. The summed E-state index contributed by atoms with van der Waals surface area (Å²) in [5.74, 6) is -0.102. The van der Waals surface area contributed by atoms with Crippen LogP contribution in [0.5, 0.6) is 5.75 Å². The van der Waals surface area contributed by atoms with Crippen LogP contribution >= 0.6 is 23.2 Å². The summed E-state index contributed by atoms with van der Waals surface area (Å²) >= 11 is 11.6. The van der Waals surface area contributed by atoms with E-state index in [0.717, 1.165) is 0 Å². The van der Waals surface area contributed by atoms with E-state index >= 15 is 0 Å². The average molecular weight is 378 g/mol. The molecule has 0 fully saturated rings. The Labute approximate surface area is 144 Å². The van der Waals surface area contributed by atoms with Crippen molar-refractivity contribution in [3.05, 3.63) is 63.9 Å². The summed E-state index contributed by atoms with van der Waals surface area (Å²) in [5, 5.41) is 0.674. The van der Waals surface area contributed by atoms with Crippen LogP contribution < -0.4 is 9.46 Å². The predicted octanol–water partition coefficient (Wildman–Crippen LogP) is 3.63. The first-order chi connectivity index (χ1) is 10.9. The Morgan fingerprint density at radius 3 is 2.39 bits per heavy atom. The van der Waals surface area contributed by atoms with Crippen molar-refractivity contribution >= 4 is 33.2 Å². The topological polar surface area (TPSA) is 55.4 Å². The number of hydrogen-bond donors (Lipinski definition) is 1. The minimum Gasteiger partial charge on any atom is -0.492 e. The quantitative estimate of drug-likeness (QED) is 0.749. The van der Waals surface area contributed by atoms with Crippen LogP contribution in [-0.4, -0.2) is 21.6 Å². The van der Waals surface area contributed by atoms with Crippen LogP contribution in [-0.2, 0) is 15.8 Å². The van der Waals surface area contributed by atoms with Crippen molar-refractivity contribution in [2.75, 3.05) is 13.2 Å². The van der Waals surface area contributed by atoms with Gasteiger partial charge in [-0.25, -0.2) is 17.5 Å². The van der Waals surface area contributed by atoms with Gasteiger partial charge in [-0.05, 0) is 42.0 Å². The minimum atomic E-state index is -3.52. The summed E-state index contributed by atoms with van der Waals surface area (Å²) in [5.41, 5.74) is 0.534. The molecule has 0 heterocycles. The smallest absolute Gasteiger partial charge is 0.215 e. The molecular weight excluding hydrogens is 364 g/mol. The first kappa shape index (κ1) is 18.0. The Bertz CT molecular complexity index is 767. The summed E-state index contributed by atoms with van der Waals surface area (Å²) in [4.78, 5) is 0. The number of ether oxygens (including phenoxy) is 1.